The fourth-order valence-corrected chi connectivity index (χ4v) is 1.84. The number of methoxy groups -OCH3 is 1. The third kappa shape index (κ3) is 2.04. The van der Waals surface area contributed by atoms with Crippen LogP contribution in [0, 0.1) is 0 Å². The van der Waals surface area contributed by atoms with E-state index in [0.29, 0.717) is 16.3 Å². The third-order valence-corrected chi connectivity index (χ3v) is 2.87. The Morgan fingerprint density at radius 1 is 1.33 bits per heavy atom. The summed E-state index contributed by atoms with van der Waals surface area (Å²) in [6, 6.07) is 6.85. The zero-order valence-electron chi connectivity index (χ0n) is 9.86. The van der Waals surface area contributed by atoms with Crippen LogP contribution in [-0.4, -0.2) is 22.6 Å². The van der Waals surface area contributed by atoms with Gasteiger partial charge in [0.05, 0.1) is 12.8 Å². The number of ether oxygens (including phenoxy) is 1. The molecular formula is C12H11ClN2O3. The molecule has 18 heavy (non-hydrogen) atoms. The van der Waals surface area contributed by atoms with Crippen LogP contribution in [-0.2, 0) is 11.8 Å². The molecule has 0 atom stereocenters. The van der Waals surface area contributed by atoms with Crippen LogP contribution in [0.15, 0.2) is 29.1 Å². The van der Waals surface area contributed by atoms with Crippen LogP contribution in [0.25, 0.3) is 11.3 Å². The molecule has 1 N–H and O–H groups in total. The number of imidazole rings is 1. The molecule has 94 valence electrons. The number of H-pyrrole nitrogens is 1. The second-order valence-electron chi connectivity index (χ2n) is 3.71. The molecule has 0 radical (unpaired) electrons. The molecule has 6 heteroatoms. The minimum absolute atomic E-state index is 0.132. The maximum atomic E-state index is 11.6. The molecule has 1 aromatic heterocycles. The standard InChI is InChI=1S/C12H11ClN2O3/c1-15-10(7-3-5-8(13)6-4-7)9(11(16)18-2)14-12(15)17/h3-6H,1-2H3,(H,14,17). The summed E-state index contributed by atoms with van der Waals surface area (Å²) >= 11 is 5.81. The fraction of sp³-hybridized carbons (Fsp3) is 0.167. The van der Waals surface area contributed by atoms with Crippen molar-refractivity contribution in [2.75, 3.05) is 7.11 Å². The summed E-state index contributed by atoms with van der Waals surface area (Å²) in [5.74, 6) is -0.586. The minimum atomic E-state index is -0.586. The average Bonchev–Trinajstić information content (AvgIpc) is 2.66. The van der Waals surface area contributed by atoms with Crippen molar-refractivity contribution in [2.24, 2.45) is 7.05 Å². The number of halogens is 1. The molecule has 0 aliphatic carbocycles. The number of aromatic amines is 1. The molecule has 0 unspecified atom stereocenters. The number of carbonyl (C=O) groups excluding carboxylic acids is 1. The summed E-state index contributed by atoms with van der Waals surface area (Å²) in [6.45, 7) is 0. The third-order valence-electron chi connectivity index (χ3n) is 2.62. The summed E-state index contributed by atoms with van der Waals surface area (Å²) in [7, 11) is 2.84. The lowest BCUT2D eigenvalue weighted by atomic mass is 10.1. The van der Waals surface area contributed by atoms with E-state index in [1.54, 1.807) is 31.3 Å². The molecule has 0 saturated heterocycles. The maximum Gasteiger partial charge on any atom is 0.356 e. The van der Waals surface area contributed by atoms with Crippen molar-refractivity contribution in [1.29, 1.82) is 0 Å². The summed E-state index contributed by atoms with van der Waals surface area (Å²) in [6.07, 6.45) is 0. The van der Waals surface area contributed by atoms with Crippen molar-refractivity contribution in [3.63, 3.8) is 0 Å². The van der Waals surface area contributed by atoms with Gasteiger partial charge in [0, 0.05) is 17.6 Å². The van der Waals surface area contributed by atoms with Gasteiger partial charge in [-0.05, 0) is 12.1 Å². The average molecular weight is 267 g/mol. The second-order valence-corrected chi connectivity index (χ2v) is 4.15. The van der Waals surface area contributed by atoms with E-state index >= 15 is 0 Å². The molecule has 0 amide bonds. The lowest BCUT2D eigenvalue weighted by Gasteiger charge is -2.05. The number of rotatable bonds is 2. The lowest BCUT2D eigenvalue weighted by molar-refractivity contribution is 0.0595. The Morgan fingerprint density at radius 3 is 2.50 bits per heavy atom. The first-order valence-electron chi connectivity index (χ1n) is 5.18. The van der Waals surface area contributed by atoms with Crippen LogP contribution in [0.4, 0.5) is 0 Å². The Balaban J connectivity index is 2.66. The van der Waals surface area contributed by atoms with Gasteiger partial charge in [0.15, 0.2) is 5.69 Å². The summed E-state index contributed by atoms with van der Waals surface area (Å²) in [4.78, 5) is 25.7. The number of hydrogen-bond donors (Lipinski definition) is 1. The van der Waals surface area contributed by atoms with Crippen LogP contribution in [0.5, 0.6) is 0 Å². The van der Waals surface area contributed by atoms with Crippen molar-refractivity contribution in [3.8, 4) is 11.3 Å². The Hall–Kier alpha value is -2.01. The monoisotopic (exact) mass is 266 g/mol. The fourth-order valence-electron chi connectivity index (χ4n) is 1.71. The van der Waals surface area contributed by atoms with E-state index in [1.807, 2.05) is 0 Å². The number of nitrogens with zero attached hydrogens (tertiary/aromatic N) is 1. The van der Waals surface area contributed by atoms with Gasteiger partial charge in [-0.1, -0.05) is 23.7 Å². The van der Waals surface area contributed by atoms with Gasteiger partial charge in [-0.15, -0.1) is 0 Å². The van der Waals surface area contributed by atoms with E-state index in [-0.39, 0.29) is 11.4 Å². The van der Waals surface area contributed by atoms with E-state index in [1.165, 1.54) is 11.7 Å². The van der Waals surface area contributed by atoms with Crippen molar-refractivity contribution in [1.82, 2.24) is 9.55 Å². The number of benzene rings is 1. The molecule has 2 aromatic rings. The number of carbonyl (C=O) groups is 1. The topological polar surface area (TPSA) is 64.1 Å². The highest BCUT2D eigenvalue weighted by atomic mass is 35.5. The molecule has 0 aliphatic heterocycles. The lowest BCUT2D eigenvalue weighted by Crippen LogP contribution is -2.13. The van der Waals surface area contributed by atoms with Gasteiger partial charge >= 0.3 is 11.7 Å². The van der Waals surface area contributed by atoms with E-state index < -0.39 is 5.97 Å². The van der Waals surface area contributed by atoms with E-state index in [9.17, 15) is 9.59 Å². The normalized spacial score (nSPS) is 10.4. The van der Waals surface area contributed by atoms with E-state index in [2.05, 4.69) is 9.72 Å². The summed E-state index contributed by atoms with van der Waals surface area (Å²) in [5, 5.41) is 0.582. The van der Waals surface area contributed by atoms with Crippen molar-refractivity contribution in [3.05, 3.63) is 45.5 Å². The number of esters is 1. The molecule has 0 saturated carbocycles. The molecule has 0 aliphatic rings. The highest BCUT2D eigenvalue weighted by Crippen LogP contribution is 2.23. The molecular weight excluding hydrogens is 256 g/mol. The van der Waals surface area contributed by atoms with Crippen LogP contribution < -0.4 is 5.69 Å². The molecule has 0 bridgehead atoms. The van der Waals surface area contributed by atoms with Gasteiger partial charge in [-0.25, -0.2) is 9.59 Å². The van der Waals surface area contributed by atoms with Gasteiger partial charge in [0.2, 0.25) is 0 Å². The predicted octanol–water partition coefficient (Wildman–Crippen LogP) is 1.82. The smallest absolute Gasteiger partial charge is 0.356 e. The Morgan fingerprint density at radius 2 is 1.94 bits per heavy atom. The highest BCUT2D eigenvalue weighted by Gasteiger charge is 2.19. The summed E-state index contributed by atoms with van der Waals surface area (Å²) < 4.78 is 6.00. The first-order valence-corrected chi connectivity index (χ1v) is 5.55. The first-order chi connectivity index (χ1) is 8.54. The zero-order chi connectivity index (χ0) is 13.3. The highest BCUT2D eigenvalue weighted by molar-refractivity contribution is 6.30. The van der Waals surface area contributed by atoms with E-state index in [4.69, 9.17) is 11.6 Å². The van der Waals surface area contributed by atoms with Crippen LogP contribution in [0.3, 0.4) is 0 Å². The van der Waals surface area contributed by atoms with Crippen LogP contribution in [0.1, 0.15) is 10.5 Å². The molecule has 1 heterocycles. The van der Waals surface area contributed by atoms with Crippen molar-refractivity contribution in [2.45, 2.75) is 0 Å². The van der Waals surface area contributed by atoms with Crippen molar-refractivity contribution >= 4 is 17.6 Å². The quantitative estimate of drug-likeness (QED) is 0.844. The molecule has 0 spiro atoms. The van der Waals surface area contributed by atoms with Crippen LogP contribution >= 0.6 is 11.6 Å². The van der Waals surface area contributed by atoms with Gasteiger partial charge in [-0.3, -0.25) is 9.55 Å². The number of hydrogen-bond acceptors (Lipinski definition) is 3. The van der Waals surface area contributed by atoms with Gasteiger partial charge < -0.3 is 4.74 Å². The van der Waals surface area contributed by atoms with Gasteiger partial charge in [0.25, 0.3) is 0 Å². The minimum Gasteiger partial charge on any atom is -0.464 e. The van der Waals surface area contributed by atoms with Gasteiger partial charge in [-0.2, -0.15) is 0 Å². The number of aromatic nitrogens is 2. The number of nitrogens with one attached hydrogen (secondary N) is 1. The summed E-state index contributed by atoms with van der Waals surface area (Å²) in [5.41, 5.74) is 0.942. The second kappa shape index (κ2) is 4.70. The first kappa shape index (κ1) is 12.4. The Bertz CT molecular complexity index is 640. The largest absolute Gasteiger partial charge is 0.464 e. The zero-order valence-corrected chi connectivity index (χ0v) is 10.6. The Kier molecular flexibility index (Phi) is 3.25. The van der Waals surface area contributed by atoms with Crippen molar-refractivity contribution < 1.29 is 9.53 Å². The SMILES string of the molecule is COC(=O)c1[nH]c(=O)n(C)c1-c1ccc(Cl)cc1. The maximum absolute atomic E-state index is 11.6. The Labute approximate surface area is 108 Å². The predicted molar refractivity (Wildman–Crippen MR) is 67.8 cm³/mol. The molecule has 5 nitrogen and oxygen atoms in total. The molecule has 0 fully saturated rings. The van der Waals surface area contributed by atoms with Crippen LogP contribution in [0.2, 0.25) is 5.02 Å². The molecule has 1 aromatic carbocycles. The van der Waals surface area contributed by atoms with Gasteiger partial charge in [0.1, 0.15) is 0 Å². The van der Waals surface area contributed by atoms with E-state index in [0.717, 1.165) is 0 Å². The molecule has 2 rings (SSSR count).